The Bertz CT molecular complexity index is 587. The van der Waals surface area contributed by atoms with Gasteiger partial charge in [0, 0.05) is 28.4 Å². The molecule has 0 saturated carbocycles. The van der Waals surface area contributed by atoms with Crippen LogP contribution in [-0.4, -0.2) is 23.0 Å². The molecule has 2 heterocycles. The topological polar surface area (TPSA) is 40.5 Å². The largest absolute Gasteiger partial charge is 0.478 e. The van der Waals surface area contributed by atoms with Gasteiger partial charge in [0.2, 0.25) is 0 Å². The van der Waals surface area contributed by atoms with Crippen LogP contribution in [0.5, 0.6) is 0 Å². The van der Waals surface area contributed by atoms with E-state index in [4.69, 9.17) is 5.11 Å². The number of carbonyl (C=O) groups is 1. The van der Waals surface area contributed by atoms with Gasteiger partial charge in [0.15, 0.2) is 0 Å². The summed E-state index contributed by atoms with van der Waals surface area (Å²) < 4.78 is 0. The average molecular weight is 307 g/mol. The summed E-state index contributed by atoms with van der Waals surface area (Å²) in [6.45, 7) is 3.06. The van der Waals surface area contributed by atoms with Crippen LogP contribution in [0.15, 0.2) is 35.0 Å². The van der Waals surface area contributed by atoms with Crippen LogP contribution in [0.2, 0.25) is 0 Å². The third-order valence-corrected chi connectivity index (χ3v) is 5.10. The first-order valence-corrected chi connectivity index (χ1v) is 8.04. The third-order valence-electron chi connectivity index (χ3n) is 3.11. The van der Waals surface area contributed by atoms with E-state index in [2.05, 4.69) is 36.4 Å². The van der Waals surface area contributed by atoms with Gasteiger partial charge in [-0.05, 0) is 48.5 Å². The van der Waals surface area contributed by atoms with E-state index in [1.807, 2.05) is 11.4 Å². The molecule has 0 aliphatic carbocycles. The Morgan fingerprint density at radius 2 is 2.30 bits per heavy atom. The predicted molar refractivity (Wildman–Crippen MR) is 85.2 cm³/mol. The fourth-order valence-corrected chi connectivity index (χ4v) is 3.63. The lowest BCUT2D eigenvalue weighted by atomic mass is 10.2. The van der Waals surface area contributed by atoms with Gasteiger partial charge in [0.1, 0.15) is 0 Å². The lowest BCUT2D eigenvalue weighted by Crippen LogP contribution is -2.20. The summed E-state index contributed by atoms with van der Waals surface area (Å²) in [5, 5.41) is 12.7. The highest BCUT2D eigenvalue weighted by Crippen LogP contribution is 2.26. The van der Waals surface area contributed by atoms with E-state index < -0.39 is 5.97 Å². The van der Waals surface area contributed by atoms with Gasteiger partial charge in [0.05, 0.1) is 0 Å². The second kappa shape index (κ2) is 6.83. The molecule has 20 heavy (non-hydrogen) atoms. The third kappa shape index (κ3) is 4.03. The van der Waals surface area contributed by atoms with E-state index in [1.165, 1.54) is 15.8 Å². The van der Waals surface area contributed by atoms with Crippen LogP contribution < -0.4 is 0 Å². The van der Waals surface area contributed by atoms with Crippen molar-refractivity contribution in [2.24, 2.45) is 0 Å². The number of carboxylic acids is 1. The zero-order chi connectivity index (χ0) is 14.5. The second-order valence-electron chi connectivity index (χ2n) is 4.62. The minimum Gasteiger partial charge on any atom is -0.478 e. The zero-order valence-electron chi connectivity index (χ0n) is 11.4. The molecule has 0 aliphatic rings. The van der Waals surface area contributed by atoms with Gasteiger partial charge in [-0.1, -0.05) is 6.07 Å². The number of carboxylic acid groups (broad SMARTS) is 1. The van der Waals surface area contributed by atoms with Crippen LogP contribution in [0.3, 0.4) is 0 Å². The highest BCUT2D eigenvalue weighted by atomic mass is 32.1. The summed E-state index contributed by atoms with van der Waals surface area (Å²) in [4.78, 5) is 15.4. The Morgan fingerprint density at radius 3 is 2.95 bits per heavy atom. The maximum atomic E-state index is 10.5. The minimum absolute atomic E-state index is 0.384. The van der Waals surface area contributed by atoms with Gasteiger partial charge in [-0.25, -0.2) is 4.79 Å². The van der Waals surface area contributed by atoms with Crippen molar-refractivity contribution in [1.82, 2.24) is 4.90 Å². The SMILES string of the molecule is CC(c1cccs1)N(C)Cc1cc(C=CC(=O)O)cs1. The minimum atomic E-state index is -0.916. The molecule has 0 spiro atoms. The summed E-state index contributed by atoms with van der Waals surface area (Å²) in [5.74, 6) is -0.916. The lowest BCUT2D eigenvalue weighted by Gasteiger charge is -2.23. The maximum absolute atomic E-state index is 10.5. The molecule has 0 aromatic carbocycles. The van der Waals surface area contributed by atoms with Gasteiger partial charge in [-0.15, -0.1) is 22.7 Å². The summed E-state index contributed by atoms with van der Waals surface area (Å²) in [7, 11) is 2.11. The smallest absolute Gasteiger partial charge is 0.328 e. The monoisotopic (exact) mass is 307 g/mol. The summed E-state index contributed by atoms with van der Waals surface area (Å²) in [6, 6.07) is 6.66. The van der Waals surface area contributed by atoms with Gasteiger partial charge in [0.25, 0.3) is 0 Å². The molecule has 0 saturated heterocycles. The molecular formula is C15H17NO2S2. The first kappa shape index (κ1) is 15.0. The van der Waals surface area contributed by atoms with E-state index in [0.29, 0.717) is 6.04 Å². The van der Waals surface area contributed by atoms with Crippen molar-refractivity contribution in [1.29, 1.82) is 0 Å². The number of hydrogen-bond acceptors (Lipinski definition) is 4. The number of nitrogens with zero attached hydrogens (tertiary/aromatic N) is 1. The Morgan fingerprint density at radius 1 is 1.50 bits per heavy atom. The molecule has 3 nitrogen and oxygen atoms in total. The Hall–Kier alpha value is -1.43. The van der Waals surface area contributed by atoms with Crippen LogP contribution >= 0.6 is 22.7 Å². The van der Waals surface area contributed by atoms with Crippen LogP contribution in [0, 0.1) is 0 Å². The molecule has 0 radical (unpaired) electrons. The van der Waals surface area contributed by atoms with E-state index in [-0.39, 0.29) is 0 Å². The molecule has 106 valence electrons. The molecule has 0 aliphatic heterocycles. The Kier molecular flexibility index (Phi) is 5.11. The van der Waals surface area contributed by atoms with Crippen LogP contribution in [0.4, 0.5) is 0 Å². The van der Waals surface area contributed by atoms with Gasteiger partial charge < -0.3 is 5.11 Å². The van der Waals surface area contributed by atoms with Crippen molar-refractivity contribution in [3.05, 3.63) is 50.4 Å². The van der Waals surface area contributed by atoms with E-state index in [1.54, 1.807) is 28.7 Å². The highest BCUT2D eigenvalue weighted by Gasteiger charge is 2.13. The van der Waals surface area contributed by atoms with Gasteiger partial charge in [-0.3, -0.25) is 4.90 Å². The lowest BCUT2D eigenvalue weighted by molar-refractivity contribution is -0.131. The van der Waals surface area contributed by atoms with Crippen molar-refractivity contribution >= 4 is 34.7 Å². The molecular weight excluding hydrogens is 290 g/mol. The molecule has 1 atom stereocenters. The molecule has 0 fully saturated rings. The van der Waals surface area contributed by atoms with E-state index in [0.717, 1.165) is 12.1 Å². The highest BCUT2D eigenvalue weighted by molar-refractivity contribution is 7.10. The molecule has 1 N–H and O–H groups in total. The van der Waals surface area contributed by atoms with E-state index in [9.17, 15) is 4.79 Å². The summed E-state index contributed by atoms with van der Waals surface area (Å²) >= 11 is 3.43. The van der Waals surface area contributed by atoms with Crippen LogP contribution in [0.1, 0.15) is 28.3 Å². The molecule has 0 amide bonds. The molecule has 0 bridgehead atoms. The average Bonchev–Trinajstić information content (AvgIpc) is 3.06. The van der Waals surface area contributed by atoms with E-state index >= 15 is 0 Å². The quantitative estimate of drug-likeness (QED) is 0.817. The molecule has 2 aromatic rings. The van der Waals surface area contributed by atoms with Crippen molar-refractivity contribution < 1.29 is 9.90 Å². The first-order chi connectivity index (χ1) is 9.56. The maximum Gasteiger partial charge on any atom is 0.328 e. The fourth-order valence-electron chi connectivity index (χ4n) is 1.86. The predicted octanol–water partition coefficient (Wildman–Crippen LogP) is 4.10. The Balaban J connectivity index is 1.98. The number of aliphatic carboxylic acids is 1. The summed E-state index contributed by atoms with van der Waals surface area (Å²) in [6.07, 6.45) is 2.80. The Labute approximate surface area is 126 Å². The van der Waals surface area contributed by atoms with Gasteiger partial charge in [-0.2, -0.15) is 0 Å². The van der Waals surface area contributed by atoms with Crippen molar-refractivity contribution in [3.63, 3.8) is 0 Å². The summed E-state index contributed by atoms with van der Waals surface area (Å²) in [5.41, 5.74) is 0.949. The van der Waals surface area contributed by atoms with Crippen molar-refractivity contribution in [2.75, 3.05) is 7.05 Å². The molecule has 5 heteroatoms. The zero-order valence-corrected chi connectivity index (χ0v) is 13.1. The number of hydrogen-bond donors (Lipinski definition) is 1. The second-order valence-corrected chi connectivity index (χ2v) is 6.60. The van der Waals surface area contributed by atoms with Crippen LogP contribution in [0.25, 0.3) is 6.08 Å². The first-order valence-electron chi connectivity index (χ1n) is 6.28. The number of thiophene rings is 2. The van der Waals surface area contributed by atoms with Gasteiger partial charge >= 0.3 is 5.97 Å². The van der Waals surface area contributed by atoms with Crippen molar-refractivity contribution in [3.8, 4) is 0 Å². The fraction of sp³-hybridized carbons (Fsp3) is 0.267. The van der Waals surface area contributed by atoms with Crippen molar-refractivity contribution in [2.45, 2.75) is 19.5 Å². The van der Waals surface area contributed by atoms with Crippen LogP contribution in [-0.2, 0) is 11.3 Å². The number of rotatable bonds is 6. The molecule has 2 rings (SSSR count). The normalized spacial score (nSPS) is 13.2. The molecule has 2 aromatic heterocycles. The molecule has 1 unspecified atom stereocenters. The standard InChI is InChI=1S/C15H17NO2S2/c1-11(14-4-3-7-19-14)16(2)9-13-8-12(10-20-13)5-6-15(17)18/h3-8,10-11H,9H2,1-2H3,(H,17,18).